The zero-order valence-electron chi connectivity index (χ0n) is 18.7. The molecule has 0 aliphatic rings. The molecule has 164 valence electrons. The fraction of sp³-hybridized carbons (Fsp3) is 0.538. The van der Waals surface area contributed by atoms with Crippen LogP contribution in [0.25, 0.3) is 11.4 Å². The topological polar surface area (TPSA) is 44.2 Å². The number of aromatic nitrogens is 2. The first-order valence-corrected chi connectivity index (χ1v) is 11.6. The van der Waals surface area contributed by atoms with Gasteiger partial charge in [-0.05, 0) is 49.9 Å². The van der Waals surface area contributed by atoms with Crippen molar-refractivity contribution in [2.75, 3.05) is 13.2 Å². The van der Waals surface area contributed by atoms with Crippen molar-refractivity contribution in [3.05, 3.63) is 49.3 Å². The Hall–Kier alpha value is -2.36. The van der Waals surface area contributed by atoms with Crippen LogP contribution in [0.4, 0.5) is 0 Å². The van der Waals surface area contributed by atoms with E-state index in [1.54, 1.807) is 12.4 Å². The van der Waals surface area contributed by atoms with E-state index in [-0.39, 0.29) is 0 Å². The first-order valence-electron chi connectivity index (χ1n) is 11.6. The SMILES string of the molecule is C=CCCCCCCOc1ccc(-c2ncc(OCCCCCCCC)cn2)cc1. The summed E-state index contributed by atoms with van der Waals surface area (Å²) < 4.78 is 11.6. The van der Waals surface area contributed by atoms with Gasteiger partial charge in [0, 0.05) is 5.56 Å². The van der Waals surface area contributed by atoms with Crippen LogP contribution in [0, 0.1) is 0 Å². The summed E-state index contributed by atoms with van der Waals surface area (Å²) in [4.78, 5) is 8.89. The largest absolute Gasteiger partial charge is 0.494 e. The Kier molecular flexibility index (Phi) is 12.3. The van der Waals surface area contributed by atoms with Crippen LogP contribution in [-0.2, 0) is 0 Å². The second kappa shape index (κ2) is 15.5. The Balaban J connectivity index is 1.66. The maximum atomic E-state index is 5.83. The zero-order chi connectivity index (χ0) is 21.3. The minimum Gasteiger partial charge on any atom is -0.494 e. The van der Waals surface area contributed by atoms with Crippen molar-refractivity contribution in [3.63, 3.8) is 0 Å². The molecule has 0 unspecified atom stereocenters. The molecule has 0 atom stereocenters. The van der Waals surface area contributed by atoms with Gasteiger partial charge >= 0.3 is 0 Å². The van der Waals surface area contributed by atoms with Crippen LogP contribution in [0.15, 0.2) is 49.3 Å². The Morgan fingerprint density at radius 1 is 0.733 bits per heavy atom. The van der Waals surface area contributed by atoms with Crippen LogP contribution in [0.5, 0.6) is 11.5 Å². The Labute approximate surface area is 182 Å². The van der Waals surface area contributed by atoms with E-state index in [9.17, 15) is 0 Å². The third-order valence-electron chi connectivity index (χ3n) is 5.08. The van der Waals surface area contributed by atoms with E-state index in [2.05, 4.69) is 23.5 Å². The molecule has 0 fully saturated rings. The average molecular weight is 411 g/mol. The van der Waals surface area contributed by atoms with Gasteiger partial charge in [0.25, 0.3) is 0 Å². The van der Waals surface area contributed by atoms with Crippen molar-refractivity contribution < 1.29 is 9.47 Å². The van der Waals surface area contributed by atoms with E-state index in [1.807, 2.05) is 30.3 Å². The lowest BCUT2D eigenvalue weighted by Gasteiger charge is -2.08. The van der Waals surface area contributed by atoms with Gasteiger partial charge < -0.3 is 9.47 Å². The predicted molar refractivity (Wildman–Crippen MR) is 125 cm³/mol. The number of unbranched alkanes of at least 4 members (excludes halogenated alkanes) is 9. The van der Waals surface area contributed by atoms with Gasteiger partial charge in [-0.3, -0.25) is 0 Å². The smallest absolute Gasteiger partial charge is 0.159 e. The monoisotopic (exact) mass is 410 g/mol. The summed E-state index contributed by atoms with van der Waals surface area (Å²) in [6.07, 6.45) is 18.9. The van der Waals surface area contributed by atoms with Gasteiger partial charge in [0.2, 0.25) is 0 Å². The first kappa shape index (κ1) is 23.9. The van der Waals surface area contributed by atoms with Crippen LogP contribution in [0.2, 0.25) is 0 Å². The fourth-order valence-electron chi connectivity index (χ4n) is 3.25. The highest BCUT2D eigenvalue weighted by atomic mass is 16.5. The minimum absolute atomic E-state index is 0.704. The van der Waals surface area contributed by atoms with Gasteiger partial charge in [0.15, 0.2) is 11.6 Å². The van der Waals surface area contributed by atoms with Crippen LogP contribution in [0.3, 0.4) is 0 Å². The van der Waals surface area contributed by atoms with Gasteiger partial charge in [0.05, 0.1) is 25.6 Å². The van der Waals surface area contributed by atoms with Crippen molar-refractivity contribution in [1.29, 1.82) is 0 Å². The van der Waals surface area contributed by atoms with Gasteiger partial charge in [-0.15, -0.1) is 6.58 Å². The second-order valence-corrected chi connectivity index (χ2v) is 7.72. The molecule has 1 aromatic carbocycles. The lowest BCUT2D eigenvalue weighted by atomic mass is 10.1. The molecule has 0 radical (unpaired) electrons. The molecule has 0 spiro atoms. The summed E-state index contributed by atoms with van der Waals surface area (Å²) in [7, 11) is 0. The molecule has 0 aliphatic heterocycles. The maximum absolute atomic E-state index is 5.83. The summed E-state index contributed by atoms with van der Waals surface area (Å²) >= 11 is 0. The maximum Gasteiger partial charge on any atom is 0.159 e. The summed E-state index contributed by atoms with van der Waals surface area (Å²) in [6, 6.07) is 7.98. The summed E-state index contributed by atoms with van der Waals surface area (Å²) in [6.45, 7) is 7.48. The lowest BCUT2D eigenvalue weighted by Crippen LogP contribution is -1.99. The van der Waals surface area contributed by atoms with E-state index in [4.69, 9.17) is 9.47 Å². The molecule has 1 heterocycles. The molecule has 0 aliphatic carbocycles. The Morgan fingerprint density at radius 3 is 1.93 bits per heavy atom. The number of nitrogens with zero attached hydrogens (tertiary/aromatic N) is 2. The molecular weight excluding hydrogens is 372 g/mol. The normalized spacial score (nSPS) is 10.7. The van der Waals surface area contributed by atoms with Crippen molar-refractivity contribution in [3.8, 4) is 22.9 Å². The molecular formula is C26H38N2O2. The van der Waals surface area contributed by atoms with Crippen LogP contribution >= 0.6 is 0 Å². The fourth-order valence-corrected chi connectivity index (χ4v) is 3.25. The van der Waals surface area contributed by atoms with E-state index >= 15 is 0 Å². The average Bonchev–Trinajstić information content (AvgIpc) is 2.79. The molecule has 0 saturated heterocycles. The number of allylic oxidation sites excluding steroid dienone is 1. The minimum atomic E-state index is 0.704. The van der Waals surface area contributed by atoms with Gasteiger partial charge in [0.1, 0.15) is 5.75 Å². The van der Waals surface area contributed by atoms with Crippen molar-refractivity contribution in [2.24, 2.45) is 0 Å². The number of rotatable bonds is 17. The molecule has 30 heavy (non-hydrogen) atoms. The van der Waals surface area contributed by atoms with Crippen LogP contribution < -0.4 is 9.47 Å². The molecule has 2 aromatic rings. The summed E-state index contributed by atoms with van der Waals surface area (Å²) in [5.74, 6) is 2.33. The molecule has 0 bridgehead atoms. The van der Waals surface area contributed by atoms with E-state index in [0.717, 1.165) is 49.5 Å². The quantitative estimate of drug-likeness (QED) is 0.201. The van der Waals surface area contributed by atoms with E-state index < -0.39 is 0 Å². The van der Waals surface area contributed by atoms with Crippen molar-refractivity contribution in [2.45, 2.75) is 77.6 Å². The predicted octanol–water partition coefficient (Wildman–Crippen LogP) is 7.40. The molecule has 4 heteroatoms. The van der Waals surface area contributed by atoms with Gasteiger partial charge in [-0.2, -0.15) is 0 Å². The third-order valence-corrected chi connectivity index (χ3v) is 5.08. The van der Waals surface area contributed by atoms with Gasteiger partial charge in [-0.1, -0.05) is 57.9 Å². The number of ether oxygens (including phenoxy) is 2. The molecule has 0 saturated carbocycles. The zero-order valence-corrected chi connectivity index (χ0v) is 18.7. The number of hydrogen-bond donors (Lipinski definition) is 0. The highest BCUT2D eigenvalue weighted by molar-refractivity contribution is 5.56. The lowest BCUT2D eigenvalue weighted by molar-refractivity contribution is 0.302. The number of benzene rings is 1. The second-order valence-electron chi connectivity index (χ2n) is 7.72. The van der Waals surface area contributed by atoms with Gasteiger partial charge in [-0.25, -0.2) is 9.97 Å². The third kappa shape index (κ3) is 9.91. The Bertz CT molecular complexity index is 683. The highest BCUT2D eigenvalue weighted by Crippen LogP contribution is 2.21. The van der Waals surface area contributed by atoms with Crippen LogP contribution in [0.1, 0.15) is 77.6 Å². The molecule has 1 aromatic heterocycles. The number of hydrogen-bond acceptors (Lipinski definition) is 4. The summed E-state index contributed by atoms with van der Waals surface area (Å²) in [5, 5.41) is 0. The molecule has 0 N–H and O–H groups in total. The van der Waals surface area contributed by atoms with E-state index in [1.165, 1.54) is 51.4 Å². The van der Waals surface area contributed by atoms with Crippen molar-refractivity contribution in [1.82, 2.24) is 9.97 Å². The van der Waals surface area contributed by atoms with E-state index in [0.29, 0.717) is 5.82 Å². The molecule has 2 rings (SSSR count). The first-order chi connectivity index (χ1) is 14.8. The van der Waals surface area contributed by atoms with Crippen molar-refractivity contribution >= 4 is 0 Å². The Morgan fingerprint density at radius 2 is 1.30 bits per heavy atom. The molecule has 4 nitrogen and oxygen atoms in total. The summed E-state index contributed by atoms with van der Waals surface area (Å²) in [5.41, 5.74) is 0.981. The standard InChI is InChI=1S/C26H38N2O2/c1-3-5-7-9-11-13-19-29-24-17-15-23(16-18-24)26-27-21-25(22-28-26)30-20-14-12-10-8-6-4-2/h3,15-18,21-22H,1,4-14,19-20H2,2H3. The molecule has 0 amide bonds. The van der Waals surface area contributed by atoms with Crippen LogP contribution in [-0.4, -0.2) is 23.2 Å². The highest BCUT2D eigenvalue weighted by Gasteiger charge is 2.03.